The first-order valence-corrected chi connectivity index (χ1v) is 34.3. The Morgan fingerprint density at radius 1 is 0.582 bits per heavy atom. The van der Waals surface area contributed by atoms with Crippen LogP contribution in [0.5, 0.6) is 0 Å². The Bertz CT molecular complexity index is 3190. The molecule has 0 fully saturated rings. The number of nitrogens with one attached hydrogen (secondary N) is 5. The van der Waals surface area contributed by atoms with Gasteiger partial charge in [-0.3, -0.25) is 18.9 Å². The summed E-state index contributed by atoms with van der Waals surface area (Å²) >= 11 is 13.8. The third-order valence-corrected chi connectivity index (χ3v) is 10.5. The van der Waals surface area contributed by atoms with Crippen molar-refractivity contribution in [3.8, 4) is 0 Å². The smallest absolute Gasteiger partial charge is 0.355 e. The number of hydrogen-bond donors (Lipinski definition) is 5. The molecule has 0 spiro atoms. The fourth-order valence-corrected chi connectivity index (χ4v) is 6.97. The minimum absolute atomic E-state index is 0. The second-order valence-electron chi connectivity index (χ2n) is 21.1. The minimum atomic E-state index is -3.22. The van der Waals surface area contributed by atoms with Gasteiger partial charge in [0.1, 0.15) is 51.9 Å². The molecule has 91 heavy (non-hydrogen) atoms. The molecule has 0 radical (unpaired) electrons. The van der Waals surface area contributed by atoms with Gasteiger partial charge in [0.2, 0.25) is 6.16 Å². The number of halogens is 3. The van der Waals surface area contributed by atoms with Gasteiger partial charge < -0.3 is 62.8 Å². The maximum absolute atomic E-state index is 11.5. The van der Waals surface area contributed by atoms with Crippen LogP contribution < -0.4 is 0 Å². The van der Waals surface area contributed by atoms with Gasteiger partial charge in [0.15, 0.2) is 12.1 Å². The van der Waals surface area contributed by atoms with Crippen molar-refractivity contribution < 1.29 is 96.4 Å². The van der Waals surface area contributed by atoms with E-state index in [2.05, 4.69) is 58.6 Å². The van der Waals surface area contributed by atoms with Crippen LogP contribution in [0.15, 0.2) is 66.9 Å². The van der Waals surface area contributed by atoms with Crippen molar-refractivity contribution in [1.29, 1.82) is 0 Å². The van der Waals surface area contributed by atoms with Crippen molar-refractivity contribution in [2.24, 2.45) is 0 Å². The molecule has 1 unspecified atom stereocenters. The highest BCUT2D eigenvalue weighted by molar-refractivity contribution is 8.24. The second-order valence-corrected chi connectivity index (χ2v) is 29.3. The Morgan fingerprint density at radius 2 is 1.00 bits per heavy atom. The van der Waals surface area contributed by atoms with E-state index in [1.165, 1.54) is 24.9 Å². The average molecular weight is 1380 g/mol. The van der Waals surface area contributed by atoms with Crippen molar-refractivity contribution >= 4 is 113 Å². The Hall–Kier alpha value is -7.56. The monoisotopic (exact) mass is 1380 g/mol. The molecule has 0 aromatic carbocycles. The zero-order valence-corrected chi connectivity index (χ0v) is 57.3. The third-order valence-electron chi connectivity index (χ3n) is 9.76. The summed E-state index contributed by atoms with van der Waals surface area (Å²) in [6.07, 6.45) is 7.25. The summed E-state index contributed by atoms with van der Waals surface area (Å²) in [6, 6.07) is 14.8. The van der Waals surface area contributed by atoms with Crippen LogP contribution in [0.1, 0.15) is 209 Å². The second kappa shape index (κ2) is 43.2. The van der Waals surface area contributed by atoms with E-state index in [1.54, 1.807) is 131 Å². The first-order chi connectivity index (χ1) is 41.8. The van der Waals surface area contributed by atoms with Gasteiger partial charge in [-0.2, -0.15) is 0 Å². The fourth-order valence-electron chi connectivity index (χ4n) is 6.54. The molecule has 508 valence electrons. The highest BCUT2D eigenvalue weighted by Crippen LogP contribution is 2.61. The van der Waals surface area contributed by atoms with E-state index in [0.717, 1.165) is 11.4 Å². The number of aldehydes is 1. The third kappa shape index (κ3) is 41.5. The Morgan fingerprint density at radius 3 is 1.41 bits per heavy atom. The maximum atomic E-state index is 11.5. The summed E-state index contributed by atoms with van der Waals surface area (Å²) in [5.74, 6) is -2.90. The molecule has 1 atom stereocenters. The van der Waals surface area contributed by atoms with E-state index in [0.29, 0.717) is 104 Å². The zero-order valence-electron chi connectivity index (χ0n) is 53.3. The van der Waals surface area contributed by atoms with Gasteiger partial charge in [-0.15, -0.1) is 0 Å². The molecule has 5 N–H and O–H groups in total. The normalized spacial score (nSPS) is 11.4. The van der Waals surface area contributed by atoms with Crippen LogP contribution in [0.4, 0.5) is 0 Å². The molecular formula is C61H89Cl3N5O20P2+. The predicted octanol–water partition coefficient (Wildman–Crippen LogP) is 14.0. The van der Waals surface area contributed by atoms with Crippen LogP contribution >= 0.6 is 46.7 Å². The Kier molecular flexibility index (Phi) is 40.6. The Balaban J connectivity index is -0.00000103. The lowest BCUT2D eigenvalue weighted by Crippen LogP contribution is -2.24. The minimum Gasteiger partial charge on any atom is -0.461 e. The van der Waals surface area contributed by atoms with Crippen molar-refractivity contribution in [3.63, 3.8) is 0 Å². The zero-order chi connectivity index (χ0) is 69.0. The molecule has 5 heterocycles. The summed E-state index contributed by atoms with van der Waals surface area (Å²) < 4.78 is 59.3. The standard InChI is InChI=1S/C14H21NO4.C14H19NO4.C10H11NO3.C8H9NO3.C7H9NO2.C7H14O3P.CH4.Cl3OP.H2/c2*1-5-18-13(17)11-8-6-10(15-11)7-9-12(16)19-14(2,3)4;1-2-14-10(13)8-5-6-7(11-8)3-4-9(6)12;1-2-12-8(11)7-4-3-6(5-10)9-7;1-2-10-7(9)6-4-3-5-8-6;1-7(2,3)10-6(8)5-11(4)9;;1-5(2,3)4;/h6,8,15H,5,7,9H2,1-4H3;6-9,15H,5H2,1-4H3;5,11H,2-4H2,1H3;3-5,9H,2H2,1H3;3-5,8H,2H2,1H3;5H2,1-4H3;1H4;;1H/q;;;;;+1;;;. The van der Waals surface area contributed by atoms with E-state index in [-0.39, 0.29) is 51.1 Å². The number of esters is 8. The van der Waals surface area contributed by atoms with Crippen LogP contribution in [-0.4, -0.2) is 147 Å². The van der Waals surface area contributed by atoms with Gasteiger partial charge in [-0.1, -0.05) is 12.0 Å². The van der Waals surface area contributed by atoms with Crippen molar-refractivity contribution in [2.75, 3.05) is 45.9 Å². The Labute approximate surface area is 547 Å². The SMILES string of the molecule is C.CCOC(=O)c1cc2c([nH]1)CCC2=O.CCOC(=O)c1ccc(C=CC(=O)OC(C)(C)C)[nH]1.CCOC(=O)c1ccc(C=O)[nH]1.CCOC(=O)c1ccc(CCC(=O)OC(C)(C)C)[nH]1.CCOC(=O)c1ccc[nH]1.C[P+](=O)CC(=O)OC(C)(C)C.O=P(Cl)(Cl)Cl.[HH]. The molecule has 5 aromatic heterocycles. The molecule has 6 rings (SSSR count). The molecular weight excluding hydrogens is 1290 g/mol. The van der Waals surface area contributed by atoms with Gasteiger partial charge in [-0.05, 0) is 204 Å². The summed E-state index contributed by atoms with van der Waals surface area (Å²) in [7, 11) is -1.42. The highest BCUT2D eigenvalue weighted by atomic mass is 36.0. The lowest BCUT2D eigenvalue weighted by Gasteiger charge is -2.19. The van der Waals surface area contributed by atoms with E-state index in [1.807, 2.05) is 20.8 Å². The van der Waals surface area contributed by atoms with Crippen molar-refractivity contribution in [3.05, 3.63) is 124 Å². The van der Waals surface area contributed by atoms with Crippen LogP contribution in [0, 0.1) is 0 Å². The first kappa shape index (κ1) is 85.5. The molecule has 1 aliphatic carbocycles. The quantitative estimate of drug-likeness (QED) is 0.0179. The van der Waals surface area contributed by atoms with E-state index < -0.39 is 53.7 Å². The molecule has 0 saturated heterocycles. The number of Topliss-reactive ketones (excluding diaryl/α,β-unsaturated/α-hetero) is 1. The lowest BCUT2D eigenvalue weighted by molar-refractivity contribution is -0.155. The summed E-state index contributed by atoms with van der Waals surface area (Å²) in [5.41, 5.74) is 3.81. The van der Waals surface area contributed by atoms with Crippen LogP contribution in [0.25, 0.3) is 6.08 Å². The largest absolute Gasteiger partial charge is 0.461 e. The van der Waals surface area contributed by atoms with Crippen LogP contribution in [0.2, 0.25) is 0 Å². The number of aryl methyl sites for hydroxylation is 2. The van der Waals surface area contributed by atoms with Crippen molar-refractivity contribution in [2.45, 2.75) is 147 Å². The average Bonchev–Trinajstić information content (AvgIpc) is 1.67. The van der Waals surface area contributed by atoms with E-state index in [9.17, 15) is 57.1 Å². The lowest BCUT2D eigenvalue weighted by atomic mass is 10.2. The number of H-pyrrole nitrogens is 5. The number of fused-ring (bicyclic) bond motifs is 1. The van der Waals surface area contributed by atoms with Gasteiger partial charge in [-0.25, -0.2) is 33.6 Å². The van der Waals surface area contributed by atoms with Gasteiger partial charge in [0.25, 0.3) is 0 Å². The topological polar surface area (TPSA) is 358 Å². The van der Waals surface area contributed by atoms with E-state index >= 15 is 0 Å². The number of aromatic nitrogens is 5. The number of ketones is 1. The van der Waals surface area contributed by atoms with E-state index in [4.69, 9.17) is 37.9 Å². The summed E-state index contributed by atoms with van der Waals surface area (Å²) in [4.78, 5) is 125. The predicted molar refractivity (Wildman–Crippen MR) is 349 cm³/mol. The number of rotatable bonds is 18. The first-order valence-electron chi connectivity index (χ1n) is 28.0. The molecule has 0 saturated carbocycles. The highest BCUT2D eigenvalue weighted by Gasteiger charge is 2.25. The molecule has 0 bridgehead atoms. The number of carbonyl (C=O) groups is 10. The van der Waals surface area contributed by atoms with Gasteiger partial charge in [0, 0.05) is 42.8 Å². The van der Waals surface area contributed by atoms with Crippen LogP contribution in [-0.2, 0) is 74.3 Å². The molecule has 5 aromatic rings. The van der Waals surface area contributed by atoms with Crippen molar-refractivity contribution in [1.82, 2.24) is 24.9 Å². The summed E-state index contributed by atoms with van der Waals surface area (Å²) in [5, 5.41) is -3.22. The number of ether oxygens (including phenoxy) is 8. The summed E-state index contributed by atoms with van der Waals surface area (Å²) in [6.45, 7) is 28.2. The number of carbonyl (C=O) groups excluding carboxylic acids is 10. The number of hydrogen-bond acceptors (Lipinski definition) is 20. The maximum Gasteiger partial charge on any atom is 0.355 e. The molecule has 1 aliphatic rings. The van der Waals surface area contributed by atoms with Gasteiger partial charge >= 0.3 is 60.8 Å². The fraction of sp³-hybridized carbons (Fsp3) is 0.475. The van der Waals surface area contributed by atoms with Gasteiger partial charge in [0.05, 0.1) is 45.1 Å². The number of aromatic amines is 5. The molecule has 25 nitrogen and oxygen atoms in total. The molecule has 30 heteroatoms. The van der Waals surface area contributed by atoms with Crippen LogP contribution in [0.3, 0.4) is 0 Å². The molecule has 0 amide bonds. The molecule has 0 aliphatic heterocycles.